The van der Waals surface area contributed by atoms with Crippen molar-refractivity contribution >= 4 is 11.8 Å². The van der Waals surface area contributed by atoms with Crippen LogP contribution in [0.3, 0.4) is 0 Å². The van der Waals surface area contributed by atoms with Gasteiger partial charge in [-0.25, -0.2) is 0 Å². The second kappa shape index (κ2) is 5.08. The number of nitriles is 1. The summed E-state index contributed by atoms with van der Waals surface area (Å²) in [5.41, 5.74) is -0.328. The summed E-state index contributed by atoms with van der Waals surface area (Å²) in [6.07, 6.45) is 6.53. The second-order valence-corrected chi connectivity index (χ2v) is 6.52. The third-order valence-corrected chi connectivity index (χ3v) is 5.10. The van der Waals surface area contributed by atoms with Crippen LogP contribution in [-0.2, 0) is 9.59 Å². The molecule has 20 heavy (non-hydrogen) atoms. The van der Waals surface area contributed by atoms with Gasteiger partial charge in [0.15, 0.2) is 0 Å². The minimum atomic E-state index is -0.328. The van der Waals surface area contributed by atoms with Crippen LogP contribution in [0.4, 0.5) is 0 Å². The number of rotatable bonds is 5. The maximum atomic E-state index is 12.0. The van der Waals surface area contributed by atoms with E-state index >= 15 is 0 Å². The van der Waals surface area contributed by atoms with Gasteiger partial charge in [0.2, 0.25) is 11.8 Å². The molecular weight excluding hydrogens is 254 g/mol. The van der Waals surface area contributed by atoms with Gasteiger partial charge in [0, 0.05) is 12.5 Å². The summed E-state index contributed by atoms with van der Waals surface area (Å²) in [7, 11) is 0. The highest BCUT2D eigenvalue weighted by molar-refractivity contribution is 5.87. The fourth-order valence-electron chi connectivity index (χ4n) is 3.48. The van der Waals surface area contributed by atoms with E-state index in [-0.39, 0.29) is 29.7 Å². The number of hydrogen-bond donors (Lipinski definition) is 2. The maximum Gasteiger partial charge on any atom is 0.239 e. The standard InChI is InChI=1S/C15H21N3O2/c16-8-15(5-6-15)9-18-12(19)7-17-14(20)13-10-3-1-2-4-11(10)13/h10-11,13H,1-7,9H2,(H,17,20)(H,18,19)/t10-,11-/m1/s1. The number of nitrogens with one attached hydrogen (secondary N) is 2. The zero-order valence-electron chi connectivity index (χ0n) is 11.7. The lowest BCUT2D eigenvalue weighted by Gasteiger charge is -2.09. The second-order valence-electron chi connectivity index (χ2n) is 6.52. The third kappa shape index (κ3) is 2.65. The van der Waals surface area contributed by atoms with Crippen molar-refractivity contribution in [1.29, 1.82) is 5.26 Å². The Morgan fingerprint density at radius 1 is 1.15 bits per heavy atom. The van der Waals surface area contributed by atoms with Crippen LogP contribution in [0.15, 0.2) is 0 Å². The Hall–Kier alpha value is -1.57. The summed E-state index contributed by atoms with van der Waals surface area (Å²) in [5, 5.41) is 14.4. The first-order valence-electron chi connectivity index (χ1n) is 7.61. The molecule has 5 nitrogen and oxygen atoms in total. The molecular formula is C15H21N3O2. The molecule has 0 aromatic rings. The van der Waals surface area contributed by atoms with Crippen LogP contribution in [0, 0.1) is 34.5 Å². The summed E-state index contributed by atoms with van der Waals surface area (Å²) in [6, 6.07) is 2.23. The fraction of sp³-hybridized carbons (Fsp3) is 0.800. The first kappa shape index (κ1) is 13.4. The van der Waals surface area contributed by atoms with Gasteiger partial charge in [-0.05, 0) is 37.5 Å². The highest BCUT2D eigenvalue weighted by Gasteiger charge is 2.54. The number of amides is 2. The van der Waals surface area contributed by atoms with Crippen molar-refractivity contribution in [3.05, 3.63) is 0 Å². The largest absolute Gasteiger partial charge is 0.353 e. The van der Waals surface area contributed by atoms with Crippen molar-refractivity contribution < 1.29 is 9.59 Å². The van der Waals surface area contributed by atoms with E-state index in [9.17, 15) is 9.59 Å². The van der Waals surface area contributed by atoms with E-state index in [0.717, 1.165) is 12.8 Å². The molecule has 108 valence electrons. The summed E-state index contributed by atoms with van der Waals surface area (Å²) < 4.78 is 0. The van der Waals surface area contributed by atoms with Crippen LogP contribution < -0.4 is 10.6 Å². The van der Waals surface area contributed by atoms with Gasteiger partial charge in [-0.15, -0.1) is 0 Å². The number of hydrogen-bond acceptors (Lipinski definition) is 3. The summed E-state index contributed by atoms with van der Waals surface area (Å²) in [6.45, 7) is 0.448. The lowest BCUT2D eigenvalue weighted by Crippen LogP contribution is -2.39. The van der Waals surface area contributed by atoms with E-state index in [1.807, 2.05) is 0 Å². The Balaban J connectivity index is 1.36. The molecule has 0 aliphatic heterocycles. The first-order chi connectivity index (χ1) is 9.65. The number of carbonyl (C=O) groups is 2. The topological polar surface area (TPSA) is 82.0 Å². The number of carbonyl (C=O) groups excluding carboxylic acids is 2. The molecule has 0 saturated heterocycles. The molecule has 3 fully saturated rings. The molecule has 3 aliphatic rings. The summed E-state index contributed by atoms with van der Waals surface area (Å²) >= 11 is 0. The molecule has 0 aromatic carbocycles. The Kier molecular flexibility index (Phi) is 3.41. The van der Waals surface area contributed by atoms with Gasteiger partial charge in [-0.1, -0.05) is 12.8 Å². The molecule has 0 radical (unpaired) electrons. The normalized spacial score (nSPS) is 32.5. The molecule has 0 spiro atoms. The molecule has 3 saturated carbocycles. The van der Waals surface area contributed by atoms with Gasteiger partial charge in [-0.2, -0.15) is 5.26 Å². The molecule has 3 aliphatic carbocycles. The predicted octanol–water partition coefficient (Wildman–Crippen LogP) is 0.959. The van der Waals surface area contributed by atoms with E-state index < -0.39 is 0 Å². The van der Waals surface area contributed by atoms with E-state index in [2.05, 4.69) is 16.7 Å². The van der Waals surface area contributed by atoms with Crippen LogP contribution in [-0.4, -0.2) is 24.9 Å². The van der Waals surface area contributed by atoms with Crippen LogP contribution in [0.2, 0.25) is 0 Å². The zero-order chi connectivity index (χ0) is 14.2. The van der Waals surface area contributed by atoms with Gasteiger partial charge in [0.25, 0.3) is 0 Å². The van der Waals surface area contributed by atoms with Gasteiger partial charge in [0.05, 0.1) is 18.0 Å². The Morgan fingerprint density at radius 2 is 1.80 bits per heavy atom. The van der Waals surface area contributed by atoms with E-state index in [1.54, 1.807) is 0 Å². The van der Waals surface area contributed by atoms with Crippen LogP contribution in [0.1, 0.15) is 38.5 Å². The average Bonchev–Trinajstić information content (AvgIpc) is 3.36. The van der Waals surface area contributed by atoms with Gasteiger partial charge < -0.3 is 10.6 Å². The minimum absolute atomic E-state index is 0.0380. The van der Waals surface area contributed by atoms with Crippen LogP contribution >= 0.6 is 0 Å². The summed E-state index contributed by atoms with van der Waals surface area (Å²) in [5.74, 6) is 1.14. The number of fused-ring (bicyclic) bond motifs is 1. The van der Waals surface area contributed by atoms with Crippen molar-refractivity contribution in [3.63, 3.8) is 0 Å². The third-order valence-electron chi connectivity index (χ3n) is 5.10. The maximum absolute atomic E-state index is 12.0. The predicted molar refractivity (Wildman–Crippen MR) is 72.2 cm³/mol. The van der Waals surface area contributed by atoms with Crippen LogP contribution in [0.5, 0.6) is 0 Å². The molecule has 2 N–H and O–H groups in total. The Morgan fingerprint density at radius 3 is 2.35 bits per heavy atom. The molecule has 3 rings (SSSR count). The van der Waals surface area contributed by atoms with Crippen molar-refractivity contribution in [2.24, 2.45) is 23.2 Å². The molecule has 2 atom stereocenters. The van der Waals surface area contributed by atoms with Crippen molar-refractivity contribution in [1.82, 2.24) is 10.6 Å². The molecule has 0 unspecified atom stereocenters. The number of nitrogens with zero attached hydrogens (tertiary/aromatic N) is 1. The highest BCUT2D eigenvalue weighted by atomic mass is 16.2. The van der Waals surface area contributed by atoms with Crippen molar-refractivity contribution in [2.45, 2.75) is 38.5 Å². The first-order valence-corrected chi connectivity index (χ1v) is 7.61. The van der Waals surface area contributed by atoms with Crippen molar-refractivity contribution in [2.75, 3.05) is 13.1 Å². The van der Waals surface area contributed by atoms with Crippen LogP contribution in [0.25, 0.3) is 0 Å². The Labute approximate surface area is 119 Å². The SMILES string of the molecule is N#CC1(CNC(=O)CNC(=O)C2[C@@H]3CCCC[C@@H]23)CC1. The molecule has 0 heterocycles. The monoisotopic (exact) mass is 275 g/mol. The Bertz CT molecular complexity index is 452. The van der Waals surface area contributed by atoms with Gasteiger partial charge in [0.1, 0.15) is 0 Å². The van der Waals surface area contributed by atoms with E-state index in [0.29, 0.717) is 18.4 Å². The molecule has 0 bridgehead atoms. The quantitative estimate of drug-likeness (QED) is 0.784. The van der Waals surface area contributed by atoms with E-state index in [4.69, 9.17) is 5.26 Å². The zero-order valence-corrected chi connectivity index (χ0v) is 11.7. The fourth-order valence-corrected chi connectivity index (χ4v) is 3.48. The lowest BCUT2D eigenvalue weighted by molar-refractivity contribution is -0.127. The minimum Gasteiger partial charge on any atom is -0.353 e. The van der Waals surface area contributed by atoms with Gasteiger partial charge in [-0.3, -0.25) is 9.59 Å². The molecule has 0 aromatic heterocycles. The average molecular weight is 275 g/mol. The van der Waals surface area contributed by atoms with E-state index in [1.165, 1.54) is 25.7 Å². The lowest BCUT2D eigenvalue weighted by atomic mass is 10.0. The molecule has 2 amide bonds. The summed E-state index contributed by atoms with van der Waals surface area (Å²) in [4.78, 5) is 23.7. The molecule has 5 heteroatoms. The van der Waals surface area contributed by atoms with Crippen molar-refractivity contribution in [3.8, 4) is 6.07 Å². The van der Waals surface area contributed by atoms with Gasteiger partial charge >= 0.3 is 0 Å². The highest BCUT2D eigenvalue weighted by Crippen LogP contribution is 2.55. The smallest absolute Gasteiger partial charge is 0.239 e.